The fourth-order valence-corrected chi connectivity index (χ4v) is 5.51. The molecule has 5 nitrogen and oxygen atoms in total. The number of carbonyl (C=O) groups is 2. The second kappa shape index (κ2) is 14.6. The Bertz CT molecular complexity index is 1160. The molecule has 1 saturated heterocycles. The number of rotatable bonds is 13. The molecule has 2 atom stereocenters. The van der Waals surface area contributed by atoms with E-state index in [-0.39, 0.29) is 23.9 Å². The number of benzene rings is 3. The summed E-state index contributed by atoms with van der Waals surface area (Å²) >= 11 is 0. The maximum atomic E-state index is 13.2. The number of likely N-dealkylation sites (tertiary alicyclic amines) is 1. The fourth-order valence-electron chi connectivity index (χ4n) is 5.51. The maximum absolute atomic E-state index is 13.2. The summed E-state index contributed by atoms with van der Waals surface area (Å²) in [7, 11) is 0. The molecule has 0 spiro atoms. The predicted octanol–water partition coefficient (Wildman–Crippen LogP) is 6.10. The third kappa shape index (κ3) is 8.79. The van der Waals surface area contributed by atoms with Crippen LogP contribution in [0.15, 0.2) is 84.9 Å². The Kier molecular flexibility index (Phi) is 10.7. The van der Waals surface area contributed by atoms with E-state index in [2.05, 4.69) is 65.8 Å². The number of nitrogens with zero attached hydrogens (tertiary/aromatic N) is 1. The first kappa shape index (κ1) is 28.6. The van der Waals surface area contributed by atoms with Gasteiger partial charge in [0, 0.05) is 24.7 Å². The molecule has 0 radical (unpaired) electrons. The van der Waals surface area contributed by atoms with Gasteiger partial charge in [-0.15, -0.1) is 0 Å². The van der Waals surface area contributed by atoms with Crippen LogP contribution in [0.4, 0.5) is 0 Å². The molecule has 3 aromatic carbocycles. The van der Waals surface area contributed by atoms with Crippen LogP contribution in [0, 0.1) is 5.92 Å². The fraction of sp³-hybridized carbons (Fsp3) is 0.412. The minimum atomic E-state index is -0.115. The SMILES string of the molecule is CC(C)CC(CN1CCC[C@H]1C(=O)NCCCCc1ccccc1)NC(=O)c1ccc(-c2ccccc2)cc1. The predicted molar refractivity (Wildman–Crippen MR) is 160 cm³/mol. The third-order valence-electron chi connectivity index (χ3n) is 7.50. The lowest BCUT2D eigenvalue weighted by atomic mass is 10.0. The lowest BCUT2D eigenvalue weighted by molar-refractivity contribution is -0.125. The highest BCUT2D eigenvalue weighted by molar-refractivity contribution is 5.95. The van der Waals surface area contributed by atoms with Crippen molar-refractivity contribution in [2.75, 3.05) is 19.6 Å². The van der Waals surface area contributed by atoms with Crippen molar-refractivity contribution in [2.45, 2.75) is 64.5 Å². The van der Waals surface area contributed by atoms with Gasteiger partial charge in [0.05, 0.1) is 6.04 Å². The summed E-state index contributed by atoms with van der Waals surface area (Å²) in [5, 5.41) is 6.45. The number of hydrogen-bond acceptors (Lipinski definition) is 3. The van der Waals surface area contributed by atoms with E-state index in [1.165, 1.54) is 5.56 Å². The summed E-state index contributed by atoms with van der Waals surface area (Å²) < 4.78 is 0. The minimum absolute atomic E-state index is 0.00873. The molecular weight excluding hydrogens is 482 g/mol. The molecule has 1 fully saturated rings. The smallest absolute Gasteiger partial charge is 0.251 e. The van der Waals surface area contributed by atoms with E-state index >= 15 is 0 Å². The lowest BCUT2D eigenvalue weighted by Gasteiger charge is -2.30. The van der Waals surface area contributed by atoms with Gasteiger partial charge in [0.1, 0.15) is 0 Å². The second-order valence-corrected chi connectivity index (χ2v) is 11.1. The van der Waals surface area contributed by atoms with Gasteiger partial charge in [-0.1, -0.05) is 86.6 Å². The molecule has 39 heavy (non-hydrogen) atoms. The molecule has 2 N–H and O–H groups in total. The molecule has 1 aliphatic heterocycles. The molecule has 0 aliphatic carbocycles. The zero-order chi connectivity index (χ0) is 27.5. The molecule has 5 heteroatoms. The normalized spacial score (nSPS) is 16.2. The number of nitrogens with one attached hydrogen (secondary N) is 2. The van der Waals surface area contributed by atoms with Crippen LogP contribution >= 0.6 is 0 Å². The Morgan fingerprint density at radius 2 is 1.54 bits per heavy atom. The van der Waals surface area contributed by atoms with Crippen molar-refractivity contribution in [1.82, 2.24) is 15.5 Å². The van der Waals surface area contributed by atoms with Gasteiger partial charge in [0.15, 0.2) is 0 Å². The largest absolute Gasteiger partial charge is 0.355 e. The summed E-state index contributed by atoms with van der Waals surface area (Å²) in [5.41, 5.74) is 4.24. The quantitative estimate of drug-likeness (QED) is 0.265. The molecule has 0 saturated carbocycles. The van der Waals surface area contributed by atoms with Crippen LogP contribution in [0.25, 0.3) is 11.1 Å². The van der Waals surface area contributed by atoms with Crippen molar-refractivity contribution in [1.29, 1.82) is 0 Å². The molecule has 0 aromatic heterocycles. The second-order valence-electron chi connectivity index (χ2n) is 11.1. The number of amides is 2. The Hall–Kier alpha value is -3.44. The van der Waals surface area contributed by atoms with Crippen LogP contribution in [-0.4, -0.2) is 48.4 Å². The van der Waals surface area contributed by atoms with Crippen molar-refractivity contribution in [2.24, 2.45) is 5.92 Å². The lowest BCUT2D eigenvalue weighted by Crippen LogP contribution is -2.50. The van der Waals surface area contributed by atoms with Gasteiger partial charge < -0.3 is 10.6 Å². The van der Waals surface area contributed by atoms with Gasteiger partial charge in [-0.05, 0) is 79.8 Å². The van der Waals surface area contributed by atoms with Crippen LogP contribution < -0.4 is 10.6 Å². The van der Waals surface area contributed by atoms with Gasteiger partial charge in [-0.3, -0.25) is 14.5 Å². The Balaban J connectivity index is 1.28. The number of carbonyl (C=O) groups excluding carboxylic acids is 2. The molecule has 1 aliphatic rings. The maximum Gasteiger partial charge on any atom is 0.251 e. The highest BCUT2D eigenvalue weighted by atomic mass is 16.2. The first-order valence-electron chi connectivity index (χ1n) is 14.5. The average molecular weight is 526 g/mol. The van der Waals surface area contributed by atoms with Crippen LogP contribution in [0.1, 0.15) is 61.9 Å². The summed E-state index contributed by atoms with van der Waals surface area (Å²) in [6.45, 7) is 6.65. The molecule has 1 unspecified atom stereocenters. The van der Waals surface area contributed by atoms with Gasteiger partial charge in [0.25, 0.3) is 5.91 Å². The number of unbranched alkanes of at least 4 members (excludes halogenated alkanes) is 1. The molecular formula is C34H43N3O2. The van der Waals surface area contributed by atoms with Gasteiger partial charge in [-0.2, -0.15) is 0 Å². The molecule has 206 valence electrons. The van der Waals surface area contributed by atoms with E-state index < -0.39 is 0 Å². The molecule has 0 bridgehead atoms. The van der Waals surface area contributed by atoms with Crippen molar-refractivity contribution in [3.05, 3.63) is 96.1 Å². The van der Waals surface area contributed by atoms with Crippen molar-refractivity contribution < 1.29 is 9.59 Å². The van der Waals surface area contributed by atoms with Gasteiger partial charge in [0.2, 0.25) is 5.91 Å². The van der Waals surface area contributed by atoms with Crippen LogP contribution in [0.3, 0.4) is 0 Å². The molecule has 2 amide bonds. The third-order valence-corrected chi connectivity index (χ3v) is 7.50. The Morgan fingerprint density at radius 1 is 0.872 bits per heavy atom. The van der Waals surface area contributed by atoms with Crippen molar-refractivity contribution >= 4 is 11.8 Å². The number of hydrogen-bond donors (Lipinski definition) is 2. The van der Waals surface area contributed by atoms with E-state index in [9.17, 15) is 9.59 Å². The van der Waals surface area contributed by atoms with E-state index in [1.807, 2.05) is 48.5 Å². The average Bonchev–Trinajstić information content (AvgIpc) is 3.41. The molecule has 3 aromatic rings. The van der Waals surface area contributed by atoms with Gasteiger partial charge >= 0.3 is 0 Å². The first-order valence-corrected chi connectivity index (χ1v) is 14.5. The van der Waals surface area contributed by atoms with Crippen molar-refractivity contribution in [3.63, 3.8) is 0 Å². The summed E-state index contributed by atoms with van der Waals surface area (Å²) in [6, 6.07) is 28.3. The van der Waals surface area contributed by atoms with Crippen LogP contribution in [-0.2, 0) is 11.2 Å². The van der Waals surface area contributed by atoms with Crippen LogP contribution in [0.2, 0.25) is 0 Å². The Morgan fingerprint density at radius 3 is 2.23 bits per heavy atom. The zero-order valence-corrected chi connectivity index (χ0v) is 23.4. The van der Waals surface area contributed by atoms with E-state index in [4.69, 9.17) is 0 Å². The van der Waals surface area contributed by atoms with Gasteiger partial charge in [-0.25, -0.2) is 0 Å². The van der Waals surface area contributed by atoms with E-state index in [0.717, 1.165) is 56.2 Å². The van der Waals surface area contributed by atoms with Crippen molar-refractivity contribution in [3.8, 4) is 11.1 Å². The minimum Gasteiger partial charge on any atom is -0.355 e. The zero-order valence-electron chi connectivity index (χ0n) is 23.4. The van der Waals surface area contributed by atoms with E-state index in [1.54, 1.807) is 0 Å². The highest BCUT2D eigenvalue weighted by Crippen LogP contribution is 2.21. The summed E-state index contributed by atoms with van der Waals surface area (Å²) in [5.74, 6) is 0.507. The molecule has 4 rings (SSSR count). The summed E-state index contributed by atoms with van der Waals surface area (Å²) in [6.07, 6.45) is 5.83. The van der Waals surface area contributed by atoms with Crippen LogP contribution in [0.5, 0.6) is 0 Å². The topological polar surface area (TPSA) is 61.4 Å². The Labute approximate surface area is 234 Å². The molecule has 1 heterocycles. The highest BCUT2D eigenvalue weighted by Gasteiger charge is 2.32. The monoisotopic (exact) mass is 525 g/mol. The first-order chi connectivity index (χ1) is 19.0. The van der Waals surface area contributed by atoms with E-state index in [0.29, 0.717) is 24.6 Å². The number of aryl methyl sites for hydroxylation is 1. The summed E-state index contributed by atoms with van der Waals surface area (Å²) in [4.78, 5) is 28.5. The standard InChI is InChI=1S/C34H43N3O2/c1-26(2)24-31(36-33(38)30-20-18-29(19-21-30)28-15-7-4-8-16-28)25-37-23-11-17-32(37)34(39)35-22-10-9-14-27-12-5-3-6-13-27/h3-8,12-13,15-16,18-21,26,31-32H,9-11,14,17,22-25H2,1-2H3,(H,35,39)(H,36,38)/t31?,32-/m0/s1.